The van der Waals surface area contributed by atoms with Crippen molar-refractivity contribution in [1.29, 1.82) is 5.26 Å². The molecule has 0 unspecified atom stereocenters. The Labute approximate surface area is 161 Å². The van der Waals surface area contributed by atoms with E-state index >= 15 is 0 Å². The van der Waals surface area contributed by atoms with Gasteiger partial charge in [-0.1, -0.05) is 0 Å². The molecule has 0 saturated carbocycles. The standard InChI is InChI=1S/C18H11F3N6O2/c19-18(20,21)15-10-23-17(25-13-3-1-11(9-22)2-4-13)26-16(15)24-12-5-7-14(8-6-12)27(28)29/h1-8,10H,(H2,23,24,25,26). The van der Waals surface area contributed by atoms with Gasteiger partial charge >= 0.3 is 6.18 Å². The first kappa shape index (κ1) is 19.6. The van der Waals surface area contributed by atoms with Crippen LogP contribution >= 0.6 is 0 Å². The number of hydrogen-bond acceptors (Lipinski definition) is 7. The Morgan fingerprint density at radius 1 is 1.00 bits per heavy atom. The molecule has 1 aromatic heterocycles. The van der Waals surface area contributed by atoms with Crippen molar-refractivity contribution in [2.75, 3.05) is 10.6 Å². The lowest BCUT2D eigenvalue weighted by atomic mass is 10.2. The van der Waals surface area contributed by atoms with Crippen molar-refractivity contribution in [2.45, 2.75) is 6.18 Å². The fraction of sp³-hybridized carbons (Fsp3) is 0.0556. The molecule has 0 fully saturated rings. The van der Waals surface area contributed by atoms with Gasteiger partial charge in [0.25, 0.3) is 5.69 Å². The van der Waals surface area contributed by atoms with Gasteiger partial charge in [0.15, 0.2) is 0 Å². The fourth-order valence-electron chi connectivity index (χ4n) is 2.31. The molecule has 2 N–H and O–H groups in total. The lowest BCUT2D eigenvalue weighted by Crippen LogP contribution is -2.12. The summed E-state index contributed by atoms with van der Waals surface area (Å²) in [5.74, 6) is -0.621. The van der Waals surface area contributed by atoms with Gasteiger partial charge in [0, 0.05) is 29.7 Å². The van der Waals surface area contributed by atoms with E-state index < -0.39 is 22.5 Å². The molecule has 3 rings (SSSR count). The zero-order valence-corrected chi connectivity index (χ0v) is 14.4. The summed E-state index contributed by atoms with van der Waals surface area (Å²) in [5.41, 5.74) is -0.211. The number of nitriles is 1. The number of hydrogen-bond donors (Lipinski definition) is 2. The van der Waals surface area contributed by atoms with E-state index in [1.165, 1.54) is 24.3 Å². The van der Waals surface area contributed by atoms with Gasteiger partial charge in [0.2, 0.25) is 5.95 Å². The molecular weight excluding hydrogens is 389 g/mol. The van der Waals surface area contributed by atoms with Crippen LogP contribution in [0.5, 0.6) is 0 Å². The van der Waals surface area contributed by atoms with Crippen LogP contribution in [0.15, 0.2) is 54.7 Å². The van der Waals surface area contributed by atoms with Gasteiger partial charge < -0.3 is 10.6 Å². The number of rotatable bonds is 5. The molecule has 0 amide bonds. The smallest absolute Gasteiger partial charge is 0.340 e. The van der Waals surface area contributed by atoms with Gasteiger partial charge in [0.05, 0.1) is 16.6 Å². The zero-order valence-electron chi connectivity index (χ0n) is 14.4. The monoisotopic (exact) mass is 400 g/mol. The third-order valence-corrected chi connectivity index (χ3v) is 3.71. The molecule has 0 aliphatic rings. The number of nitro groups is 1. The quantitative estimate of drug-likeness (QED) is 0.468. The van der Waals surface area contributed by atoms with Crippen LogP contribution in [-0.4, -0.2) is 14.9 Å². The molecule has 8 nitrogen and oxygen atoms in total. The molecule has 0 saturated heterocycles. The Bertz CT molecular complexity index is 1080. The topological polar surface area (TPSA) is 117 Å². The molecule has 0 bridgehead atoms. The van der Waals surface area contributed by atoms with Gasteiger partial charge in [-0.15, -0.1) is 0 Å². The summed E-state index contributed by atoms with van der Waals surface area (Å²) >= 11 is 0. The summed E-state index contributed by atoms with van der Waals surface area (Å²) in [6.45, 7) is 0. The van der Waals surface area contributed by atoms with E-state index in [2.05, 4.69) is 20.6 Å². The van der Waals surface area contributed by atoms with Crippen molar-refractivity contribution in [1.82, 2.24) is 9.97 Å². The number of aromatic nitrogens is 2. The zero-order chi connectivity index (χ0) is 21.0. The van der Waals surface area contributed by atoms with Crippen LogP contribution in [-0.2, 0) is 6.18 Å². The van der Waals surface area contributed by atoms with Crippen molar-refractivity contribution in [2.24, 2.45) is 0 Å². The van der Waals surface area contributed by atoms with E-state index in [0.29, 0.717) is 17.4 Å². The van der Waals surface area contributed by atoms with Crippen LogP contribution in [0.2, 0.25) is 0 Å². The normalized spacial score (nSPS) is 10.8. The Balaban J connectivity index is 1.91. The maximum atomic E-state index is 13.3. The molecule has 29 heavy (non-hydrogen) atoms. The van der Waals surface area contributed by atoms with Crippen LogP contribution in [0.1, 0.15) is 11.1 Å². The number of nitrogens with one attached hydrogen (secondary N) is 2. The van der Waals surface area contributed by atoms with Crippen LogP contribution < -0.4 is 10.6 Å². The number of nitro benzene ring substituents is 1. The number of benzene rings is 2. The van der Waals surface area contributed by atoms with Crippen LogP contribution in [0, 0.1) is 21.4 Å². The second-order valence-corrected chi connectivity index (χ2v) is 5.70. The average Bonchev–Trinajstić information content (AvgIpc) is 2.68. The molecule has 0 atom stereocenters. The number of alkyl halides is 3. The molecule has 1 heterocycles. The minimum absolute atomic E-state index is 0.105. The van der Waals surface area contributed by atoms with Gasteiger partial charge in [-0.25, -0.2) is 4.98 Å². The Kier molecular flexibility index (Phi) is 5.27. The molecule has 0 radical (unpaired) electrons. The largest absolute Gasteiger partial charge is 0.421 e. The Morgan fingerprint density at radius 3 is 2.14 bits per heavy atom. The van der Waals surface area contributed by atoms with Crippen LogP contribution in [0.25, 0.3) is 0 Å². The molecule has 146 valence electrons. The van der Waals surface area contributed by atoms with E-state index in [9.17, 15) is 23.3 Å². The number of anilines is 4. The van der Waals surface area contributed by atoms with Gasteiger partial charge in [-0.3, -0.25) is 10.1 Å². The molecule has 0 aliphatic heterocycles. The van der Waals surface area contributed by atoms with E-state index in [4.69, 9.17) is 5.26 Å². The third kappa shape index (κ3) is 4.75. The second kappa shape index (κ2) is 7.81. The first-order valence-electron chi connectivity index (χ1n) is 7.99. The van der Waals surface area contributed by atoms with Crippen molar-refractivity contribution < 1.29 is 18.1 Å². The van der Waals surface area contributed by atoms with Crippen molar-refractivity contribution >= 4 is 28.8 Å². The Hall–Kier alpha value is -4.20. The highest BCUT2D eigenvalue weighted by atomic mass is 19.4. The molecule has 11 heteroatoms. The van der Waals surface area contributed by atoms with Gasteiger partial charge in [-0.2, -0.15) is 23.4 Å². The minimum Gasteiger partial charge on any atom is -0.340 e. The Morgan fingerprint density at radius 2 is 1.59 bits per heavy atom. The van der Waals surface area contributed by atoms with E-state index in [1.54, 1.807) is 12.1 Å². The second-order valence-electron chi connectivity index (χ2n) is 5.70. The van der Waals surface area contributed by atoms with E-state index in [1.807, 2.05) is 6.07 Å². The SMILES string of the molecule is N#Cc1ccc(Nc2ncc(C(F)(F)F)c(Nc3ccc([N+](=O)[O-])cc3)n2)cc1. The predicted octanol–water partition coefficient (Wildman–Crippen LogP) is 4.76. The lowest BCUT2D eigenvalue weighted by molar-refractivity contribution is -0.384. The third-order valence-electron chi connectivity index (χ3n) is 3.71. The first-order valence-corrected chi connectivity index (χ1v) is 7.99. The fourth-order valence-corrected chi connectivity index (χ4v) is 2.31. The lowest BCUT2D eigenvalue weighted by Gasteiger charge is -2.15. The van der Waals surface area contributed by atoms with Crippen molar-refractivity contribution in [3.05, 3.63) is 76.0 Å². The maximum Gasteiger partial charge on any atom is 0.421 e. The van der Waals surface area contributed by atoms with Gasteiger partial charge in [0.1, 0.15) is 11.4 Å². The maximum absolute atomic E-state index is 13.3. The number of non-ortho nitro benzene ring substituents is 1. The molecule has 0 aliphatic carbocycles. The highest BCUT2D eigenvalue weighted by Gasteiger charge is 2.35. The summed E-state index contributed by atoms with van der Waals surface area (Å²) in [5, 5.41) is 24.8. The van der Waals surface area contributed by atoms with Gasteiger partial charge in [-0.05, 0) is 36.4 Å². The van der Waals surface area contributed by atoms with Crippen molar-refractivity contribution in [3.8, 4) is 6.07 Å². The number of halogens is 3. The predicted molar refractivity (Wildman–Crippen MR) is 97.9 cm³/mol. The highest BCUT2D eigenvalue weighted by molar-refractivity contribution is 5.64. The molecule has 0 spiro atoms. The van der Waals surface area contributed by atoms with E-state index in [0.717, 1.165) is 12.1 Å². The first-order chi connectivity index (χ1) is 13.8. The van der Waals surface area contributed by atoms with Crippen LogP contribution in [0.4, 0.5) is 42.0 Å². The van der Waals surface area contributed by atoms with Crippen LogP contribution in [0.3, 0.4) is 0 Å². The summed E-state index contributed by atoms with van der Waals surface area (Å²) in [6, 6.07) is 13.0. The average molecular weight is 400 g/mol. The highest BCUT2D eigenvalue weighted by Crippen LogP contribution is 2.35. The minimum atomic E-state index is -4.71. The molecular formula is C18H11F3N6O2. The summed E-state index contributed by atoms with van der Waals surface area (Å²) in [4.78, 5) is 17.7. The summed E-state index contributed by atoms with van der Waals surface area (Å²) < 4.78 is 39.9. The summed E-state index contributed by atoms with van der Waals surface area (Å²) in [7, 11) is 0. The molecule has 3 aromatic rings. The molecule has 2 aromatic carbocycles. The summed E-state index contributed by atoms with van der Waals surface area (Å²) in [6.07, 6.45) is -4.08. The number of nitrogens with zero attached hydrogens (tertiary/aromatic N) is 4. The van der Waals surface area contributed by atoms with E-state index in [-0.39, 0.29) is 17.3 Å². The van der Waals surface area contributed by atoms with Crippen molar-refractivity contribution in [3.63, 3.8) is 0 Å².